The van der Waals surface area contributed by atoms with Crippen LogP contribution in [0.4, 0.5) is 4.39 Å². The van der Waals surface area contributed by atoms with Crippen molar-refractivity contribution in [2.45, 2.75) is 19.3 Å². The summed E-state index contributed by atoms with van der Waals surface area (Å²) in [6.07, 6.45) is 3.15. The minimum absolute atomic E-state index is 0.286. The molecule has 0 spiro atoms. The fraction of sp³-hybridized carbons (Fsp3) is 0.500. The first kappa shape index (κ1) is 10.7. The molecule has 0 saturated carbocycles. The lowest BCUT2D eigenvalue weighted by Gasteiger charge is -2.21. The minimum atomic E-state index is -0.286. The summed E-state index contributed by atoms with van der Waals surface area (Å²) < 4.78 is 15.2. The van der Waals surface area contributed by atoms with E-state index in [0.717, 1.165) is 25.3 Å². The SMILES string of the molecule is Fc1cccc2nnc(CC3CCCNC3)n12. The van der Waals surface area contributed by atoms with Crippen molar-refractivity contribution < 1.29 is 4.39 Å². The summed E-state index contributed by atoms with van der Waals surface area (Å²) in [5.74, 6) is 0.980. The highest BCUT2D eigenvalue weighted by atomic mass is 19.1. The molecule has 3 rings (SSSR count). The summed E-state index contributed by atoms with van der Waals surface area (Å²) >= 11 is 0. The van der Waals surface area contributed by atoms with E-state index in [-0.39, 0.29) is 5.95 Å². The lowest BCUT2D eigenvalue weighted by atomic mass is 9.96. The fourth-order valence-electron chi connectivity index (χ4n) is 2.45. The summed E-state index contributed by atoms with van der Waals surface area (Å²) in [6, 6.07) is 4.88. The van der Waals surface area contributed by atoms with Gasteiger partial charge in [0.15, 0.2) is 5.65 Å². The van der Waals surface area contributed by atoms with Crippen LogP contribution in [0.15, 0.2) is 18.2 Å². The molecule has 3 heterocycles. The van der Waals surface area contributed by atoms with E-state index in [4.69, 9.17) is 0 Å². The van der Waals surface area contributed by atoms with Crippen LogP contribution in [0.2, 0.25) is 0 Å². The maximum Gasteiger partial charge on any atom is 0.200 e. The van der Waals surface area contributed by atoms with Gasteiger partial charge in [-0.2, -0.15) is 4.39 Å². The maximum absolute atomic E-state index is 13.7. The molecule has 2 aromatic heterocycles. The first-order valence-corrected chi connectivity index (χ1v) is 6.04. The summed E-state index contributed by atoms with van der Waals surface area (Å²) in [7, 11) is 0. The third-order valence-corrected chi connectivity index (χ3v) is 3.32. The highest BCUT2D eigenvalue weighted by Crippen LogP contribution is 2.16. The number of hydrogen-bond donors (Lipinski definition) is 1. The normalized spacial score (nSPS) is 20.9. The molecule has 1 aliphatic rings. The van der Waals surface area contributed by atoms with Crippen molar-refractivity contribution in [1.82, 2.24) is 19.9 Å². The molecular formula is C12H15FN4. The van der Waals surface area contributed by atoms with E-state index >= 15 is 0 Å². The molecule has 1 atom stereocenters. The first-order chi connectivity index (χ1) is 8.34. The van der Waals surface area contributed by atoms with Crippen molar-refractivity contribution in [3.05, 3.63) is 30.0 Å². The van der Waals surface area contributed by atoms with Crippen molar-refractivity contribution >= 4 is 5.65 Å². The highest BCUT2D eigenvalue weighted by Gasteiger charge is 2.17. The molecule has 90 valence electrons. The van der Waals surface area contributed by atoms with Gasteiger partial charge in [0.25, 0.3) is 0 Å². The van der Waals surface area contributed by atoms with E-state index in [0.29, 0.717) is 11.6 Å². The average Bonchev–Trinajstić information content (AvgIpc) is 2.75. The molecule has 0 radical (unpaired) electrons. The average molecular weight is 234 g/mol. The van der Waals surface area contributed by atoms with Crippen LogP contribution in [0.1, 0.15) is 18.7 Å². The molecule has 1 N–H and O–H groups in total. The van der Waals surface area contributed by atoms with Gasteiger partial charge in [0.1, 0.15) is 5.82 Å². The Balaban J connectivity index is 1.89. The minimum Gasteiger partial charge on any atom is -0.316 e. The Morgan fingerprint density at radius 2 is 2.35 bits per heavy atom. The Hall–Kier alpha value is -1.49. The van der Waals surface area contributed by atoms with Crippen LogP contribution in [-0.2, 0) is 6.42 Å². The zero-order valence-corrected chi connectivity index (χ0v) is 9.56. The number of pyridine rings is 1. The van der Waals surface area contributed by atoms with Gasteiger partial charge in [0.05, 0.1) is 0 Å². The summed E-state index contributed by atoms with van der Waals surface area (Å²) in [5, 5.41) is 11.5. The predicted molar refractivity (Wildman–Crippen MR) is 62.2 cm³/mol. The van der Waals surface area contributed by atoms with E-state index in [9.17, 15) is 4.39 Å². The van der Waals surface area contributed by atoms with Gasteiger partial charge in [-0.1, -0.05) is 6.07 Å². The number of nitrogens with zero attached hydrogens (tertiary/aromatic N) is 3. The van der Waals surface area contributed by atoms with Crippen molar-refractivity contribution in [1.29, 1.82) is 0 Å². The molecule has 1 fully saturated rings. The predicted octanol–water partition coefficient (Wildman–Crippen LogP) is 1.41. The monoisotopic (exact) mass is 234 g/mol. The summed E-state index contributed by atoms with van der Waals surface area (Å²) in [4.78, 5) is 0. The maximum atomic E-state index is 13.7. The van der Waals surface area contributed by atoms with Crippen molar-refractivity contribution in [2.75, 3.05) is 13.1 Å². The van der Waals surface area contributed by atoms with E-state index in [1.165, 1.54) is 23.3 Å². The van der Waals surface area contributed by atoms with Crippen LogP contribution < -0.4 is 5.32 Å². The van der Waals surface area contributed by atoms with E-state index in [2.05, 4.69) is 15.5 Å². The molecule has 1 unspecified atom stereocenters. The molecule has 2 aromatic rings. The third-order valence-electron chi connectivity index (χ3n) is 3.32. The quantitative estimate of drug-likeness (QED) is 0.799. The van der Waals surface area contributed by atoms with Crippen LogP contribution in [0.5, 0.6) is 0 Å². The molecule has 1 saturated heterocycles. The Labute approximate surface area is 98.9 Å². The number of rotatable bonds is 2. The van der Waals surface area contributed by atoms with Gasteiger partial charge in [-0.15, -0.1) is 10.2 Å². The van der Waals surface area contributed by atoms with Gasteiger partial charge < -0.3 is 5.32 Å². The molecule has 4 nitrogen and oxygen atoms in total. The van der Waals surface area contributed by atoms with Gasteiger partial charge in [-0.25, -0.2) is 0 Å². The first-order valence-electron chi connectivity index (χ1n) is 6.04. The number of halogens is 1. The second kappa shape index (κ2) is 4.41. The second-order valence-electron chi connectivity index (χ2n) is 4.57. The van der Waals surface area contributed by atoms with Gasteiger partial charge in [-0.3, -0.25) is 4.40 Å². The van der Waals surface area contributed by atoms with Crippen molar-refractivity contribution in [3.63, 3.8) is 0 Å². The largest absolute Gasteiger partial charge is 0.316 e. The summed E-state index contributed by atoms with van der Waals surface area (Å²) in [5.41, 5.74) is 0.587. The van der Waals surface area contributed by atoms with Crippen LogP contribution in [0, 0.1) is 11.9 Å². The van der Waals surface area contributed by atoms with Crippen molar-refractivity contribution in [2.24, 2.45) is 5.92 Å². The highest BCUT2D eigenvalue weighted by molar-refractivity contribution is 5.37. The van der Waals surface area contributed by atoms with Gasteiger partial charge in [0, 0.05) is 6.42 Å². The lowest BCUT2D eigenvalue weighted by Crippen LogP contribution is -2.31. The van der Waals surface area contributed by atoms with E-state index in [1.54, 1.807) is 12.1 Å². The van der Waals surface area contributed by atoms with Crippen molar-refractivity contribution in [3.8, 4) is 0 Å². The molecular weight excluding hydrogens is 219 g/mol. The smallest absolute Gasteiger partial charge is 0.200 e. The third kappa shape index (κ3) is 2.02. The van der Waals surface area contributed by atoms with E-state index in [1.807, 2.05) is 0 Å². The van der Waals surface area contributed by atoms with Crippen LogP contribution in [0.25, 0.3) is 5.65 Å². The zero-order valence-electron chi connectivity index (χ0n) is 9.56. The number of fused-ring (bicyclic) bond motifs is 1. The molecule has 0 bridgehead atoms. The zero-order chi connectivity index (χ0) is 11.7. The molecule has 0 aromatic carbocycles. The fourth-order valence-corrected chi connectivity index (χ4v) is 2.45. The molecule has 17 heavy (non-hydrogen) atoms. The molecule has 0 amide bonds. The number of hydrogen-bond acceptors (Lipinski definition) is 3. The Bertz CT molecular complexity index is 516. The number of piperidine rings is 1. The number of aromatic nitrogens is 3. The number of nitrogens with one attached hydrogen (secondary N) is 1. The Morgan fingerprint density at radius 1 is 1.41 bits per heavy atom. The topological polar surface area (TPSA) is 42.2 Å². The second-order valence-corrected chi connectivity index (χ2v) is 4.57. The Morgan fingerprint density at radius 3 is 3.18 bits per heavy atom. The Kier molecular flexibility index (Phi) is 2.76. The van der Waals surface area contributed by atoms with Crippen LogP contribution in [-0.4, -0.2) is 27.7 Å². The molecule has 0 aliphatic carbocycles. The summed E-state index contributed by atoms with van der Waals surface area (Å²) in [6.45, 7) is 2.08. The van der Waals surface area contributed by atoms with Gasteiger partial charge in [-0.05, 0) is 44.0 Å². The molecule has 1 aliphatic heterocycles. The van der Waals surface area contributed by atoms with Gasteiger partial charge >= 0.3 is 0 Å². The van der Waals surface area contributed by atoms with E-state index < -0.39 is 0 Å². The van der Waals surface area contributed by atoms with Crippen LogP contribution in [0.3, 0.4) is 0 Å². The molecule has 5 heteroatoms. The standard InChI is InChI=1S/C12H15FN4/c13-10-4-1-5-11-15-16-12(17(10)11)7-9-3-2-6-14-8-9/h1,4-5,9,14H,2-3,6-8H2. The van der Waals surface area contributed by atoms with Crippen LogP contribution >= 0.6 is 0 Å². The van der Waals surface area contributed by atoms with Gasteiger partial charge in [0.2, 0.25) is 5.95 Å². The lowest BCUT2D eigenvalue weighted by molar-refractivity contribution is 0.368.